The molecule has 31 heavy (non-hydrogen) atoms. The number of anilines is 3. The Morgan fingerprint density at radius 3 is 2.29 bits per heavy atom. The number of benzene rings is 3. The van der Waals surface area contributed by atoms with Crippen LogP contribution in [0.15, 0.2) is 78.9 Å². The fourth-order valence-corrected chi connectivity index (χ4v) is 3.09. The van der Waals surface area contributed by atoms with Crippen molar-refractivity contribution in [1.29, 1.82) is 0 Å². The minimum atomic E-state index is -0.665. The minimum Gasteiger partial charge on any atom is -0.455 e. The van der Waals surface area contributed by atoms with Crippen LogP contribution in [0.4, 0.5) is 21.9 Å². The van der Waals surface area contributed by atoms with Gasteiger partial charge in [0.15, 0.2) is 0 Å². The molecule has 0 saturated carbocycles. The number of amides is 2. The van der Waals surface area contributed by atoms with E-state index in [4.69, 9.17) is 15.2 Å². The molecule has 3 aromatic rings. The standard InChI is InChI=1S/C24H27N3O3S/c1-2-3-15-23(30-22-14-8-12-20(17-22)27(31)24(25)28)29-21-13-7-11-19(16-21)26-18-9-5-4-6-10-18/h4-14,16-17,23,26,31H,2-3,15H2,1H3,(H2,25,28). The van der Waals surface area contributed by atoms with Gasteiger partial charge in [-0.2, -0.15) is 0 Å². The molecular weight excluding hydrogens is 410 g/mol. The van der Waals surface area contributed by atoms with Crippen molar-refractivity contribution in [3.05, 3.63) is 78.9 Å². The summed E-state index contributed by atoms with van der Waals surface area (Å²) in [6.45, 7) is 2.12. The summed E-state index contributed by atoms with van der Waals surface area (Å²) in [5, 5.41) is 3.36. The quantitative estimate of drug-likeness (QED) is 0.263. The summed E-state index contributed by atoms with van der Waals surface area (Å²) in [7, 11) is 0. The van der Waals surface area contributed by atoms with E-state index in [1.165, 1.54) is 0 Å². The molecule has 7 heteroatoms. The highest BCUT2D eigenvalue weighted by atomic mass is 32.1. The number of nitrogens with one attached hydrogen (secondary N) is 1. The van der Waals surface area contributed by atoms with Gasteiger partial charge in [0.1, 0.15) is 11.5 Å². The van der Waals surface area contributed by atoms with Crippen molar-refractivity contribution in [2.45, 2.75) is 32.5 Å². The molecule has 0 bridgehead atoms. The molecule has 2 amide bonds. The number of nitrogens with two attached hydrogens (primary N) is 1. The number of hydrogen-bond donors (Lipinski definition) is 3. The zero-order valence-electron chi connectivity index (χ0n) is 17.4. The number of primary amides is 1. The molecule has 0 aliphatic heterocycles. The van der Waals surface area contributed by atoms with Gasteiger partial charge in [-0.25, -0.2) is 9.10 Å². The second-order valence-electron chi connectivity index (χ2n) is 6.97. The van der Waals surface area contributed by atoms with Crippen LogP contribution >= 0.6 is 12.8 Å². The summed E-state index contributed by atoms with van der Waals surface area (Å²) in [6, 6.07) is 24.1. The van der Waals surface area contributed by atoms with Crippen LogP contribution in [0.1, 0.15) is 26.2 Å². The first-order valence-corrected chi connectivity index (χ1v) is 10.6. The van der Waals surface area contributed by atoms with Gasteiger partial charge < -0.3 is 20.5 Å². The summed E-state index contributed by atoms with van der Waals surface area (Å²) in [5.74, 6) is 1.27. The van der Waals surface area contributed by atoms with E-state index in [2.05, 4.69) is 25.1 Å². The monoisotopic (exact) mass is 437 g/mol. The van der Waals surface area contributed by atoms with Crippen LogP contribution in [0.3, 0.4) is 0 Å². The zero-order chi connectivity index (χ0) is 22.1. The van der Waals surface area contributed by atoms with E-state index in [1.54, 1.807) is 18.2 Å². The molecule has 3 aromatic carbocycles. The summed E-state index contributed by atoms with van der Waals surface area (Å²) in [4.78, 5) is 11.4. The molecule has 3 N–H and O–H groups in total. The highest BCUT2D eigenvalue weighted by Gasteiger charge is 2.15. The Morgan fingerprint density at radius 1 is 0.968 bits per heavy atom. The fraction of sp³-hybridized carbons (Fsp3) is 0.208. The van der Waals surface area contributed by atoms with E-state index >= 15 is 0 Å². The van der Waals surface area contributed by atoms with Gasteiger partial charge in [0.2, 0.25) is 6.29 Å². The number of ether oxygens (including phenoxy) is 2. The molecule has 0 aliphatic rings. The minimum absolute atomic E-state index is 0.482. The van der Waals surface area contributed by atoms with Crippen molar-refractivity contribution in [3.63, 3.8) is 0 Å². The Kier molecular flexibility index (Phi) is 8.06. The van der Waals surface area contributed by atoms with Gasteiger partial charge in [-0.1, -0.05) is 56.5 Å². The molecule has 0 aliphatic carbocycles. The second kappa shape index (κ2) is 11.2. The van der Waals surface area contributed by atoms with Crippen molar-refractivity contribution in [2.24, 2.45) is 5.73 Å². The number of hydrogen-bond acceptors (Lipinski definition) is 5. The fourth-order valence-electron chi connectivity index (χ4n) is 2.97. The molecule has 6 nitrogen and oxygen atoms in total. The molecule has 0 heterocycles. The number of para-hydroxylation sites is 1. The Labute approximate surface area is 188 Å². The Morgan fingerprint density at radius 2 is 1.61 bits per heavy atom. The highest BCUT2D eigenvalue weighted by Crippen LogP contribution is 2.27. The number of thiol groups is 1. The van der Waals surface area contributed by atoms with Crippen LogP contribution in [0.5, 0.6) is 11.5 Å². The van der Waals surface area contributed by atoms with Crippen molar-refractivity contribution in [2.75, 3.05) is 9.62 Å². The van der Waals surface area contributed by atoms with E-state index in [9.17, 15) is 4.79 Å². The van der Waals surface area contributed by atoms with E-state index in [1.807, 2.05) is 60.7 Å². The Bertz CT molecular complexity index is 985. The molecular formula is C24H27N3O3S. The zero-order valence-corrected chi connectivity index (χ0v) is 18.3. The molecule has 0 radical (unpaired) electrons. The van der Waals surface area contributed by atoms with Gasteiger partial charge in [0.05, 0.1) is 5.69 Å². The maximum atomic E-state index is 11.4. The molecule has 0 aromatic heterocycles. The lowest BCUT2D eigenvalue weighted by Crippen LogP contribution is -2.27. The number of carbonyl (C=O) groups is 1. The number of nitrogens with zero attached hydrogens (tertiary/aromatic N) is 1. The predicted octanol–water partition coefficient (Wildman–Crippen LogP) is 6.13. The number of rotatable bonds is 10. The third-order valence-corrected chi connectivity index (χ3v) is 4.92. The van der Waals surface area contributed by atoms with Crippen LogP contribution in [0.2, 0.25) is 0 Å². The average Bonchev–Trinajstić information content (AvgIpc) is 2.78. The van der Waals surface area contributed by atoms with E-state index in [0.29, 0.717) is 17.2 Å². The molecule has 1 unspecified atom stereocenters. The van der Waals surface area contributed by atoms with Crippen LogP contribution in [0.25, 0.3) is 0 Å². The predicted molar refractivity (Wildman–Crippen MR) is 128 cm³/mol. The van der Waals surface area contributed by atoms with Gasteiger partial charge in [0, 0.05) is 29.9 Å². The van der Waals surface area contributed by atoms with E-state index < -0.39 is 12.3 Å². The van der Waals surface area contributed by atoms with Gasteiger partial charge in [-0.05, 0) is 42.8 Å². The molecule has 0 spiro atoms. The summed E-state index contributed by atoms with van der Waals surface area (Å²) >= 11 is 4.11. The van der Waals surface area contributed by atoms with Crippen molar-refractivity contribution < 1.29 is 14.3 Å². The normalized spacial score (nSPS) is 11.4. The summed E-state index contributed by atoms with van der Waals surface area (Å²) in [5.41, 5.74) is 7.74. The van der Waals surface area contributed by atoms with Crippen molar-refractivity contribution in [1.82, 2.24) is 0 Å². The largest absolute Gasteiger partial charge is 0.455 e. The molecule has 0 fully saturated rings. The van der Waals surface area contributed by atoms with E-state index in [-0.39, 0.29) is 0 Å². The highest BCUT2D eigenvalue weighted by molar-refractivity contribution is 7.82. The summed E-state index contributed by atoms with van der Waals surface area (Å²) < 4.78 is 13.3. The Hall–Kier alpha value is -3.32. The third kappa shape index (κ3) is 6.86. The van der Waals surface area contributed by atoms with Crippen LogP contribution in [0, 0.1) is 0 Å². The lowest BCUT2D eigenvalue weighted by molar-refractivity contribution is -0.00202. The maximum Gasteiger partial charge on any atom is 0.329 e. The topological polar surface area (TPSA) is 76.8 Å². The summed E-state index contributed by atoms with van der Waals surface area (Å²) in [6.07, 6.45) is 2.21. The van der Waals surface area contributed by atoms with Crippen LogP contribution < -0.4 is 24.8 Å². The van der Waals surface area contributed by atoms with E-state index in [0.717, 1.165) is 34.9 Å². The maximum absolute atomic E-state index is 11.4. The smallest absolute Gasteiger partial charge is 0.329 e. The van der Waals surface area contributed by atoms with Gasteiger partial charge in [0.25, 0.3) is 0 Å². The molecule has 1 atom stereocenters. The van der Waals surface area contributed by atoms with Crippen LogP contribution in [-0.2, 0) is 0 Å². The first-order chi connectivity index (χ1) is 15.0. The van der Waals surface area contributed by atoms with Gasteiger partial charge in [-0.15, -0.1) is 0 Å². The van der Waals surface area contributed by atoms with Gasteiger partial charge >= 0.3 is 6.03 Å². The average molecular weight is 438 g/mol. The number of unbranched alkanes of at least 4 members (excludes halogenated alkanes) is 1. The third-order valence-electron chi connectivity index (χ3n) is 4.50. The van der Waals surface area contributed by atoms with Gasteiger partial charge in [-0.3, -0.25) is 0 Å². The van der Waals surface area contributed by atoms with Crippen molar-refractivity contribution >= 4 is 35.9 Å². The first kappa shape index (κ1) is 22.4. The van der Waals surface area contributed by atoms with Crippen LogP contribution in [-0.4, -0.2) is 12.3 Å². The van der Waals surface area contributed by atoms with Crippen molar-refractivity contribution in [3.8, 4) is 11.5 Å². The molecule has 3 rings (SSSR count). The SMILES string of the molecule is CCCCC(Oc1cccc(Nc2ccccc2)c1)Oc1cccc(N(S)C(N)=O)c1. The second-order valence-corrected chi connectivity index (χ2v) is 7.37. The Balaban J connectivity index is 1.72. The number of carbonyl (C=O) groups excluding carboxylic acids is 1. The first-order valence-electron chi connectivity index (χ1n) is 10.2. The molecule has 162 valence electrons. The lowest BCUT2D eigenvalue weighted by Gasteiger charge is -2.22. The lowest BCUT2D eigenvalue weighted by atomic mass is 10.2. The molecule has 0 saturated heterocycles. The number of urea groups is 1.